The van der Waals surface area contributed by atoms with Gasteiger partial charge in [0.25, 0.3) is 0 Å². The molecule has 0 aliphatic heterocycles. The van der Waals surface area contributed by atoms with Gasteiger partial charge < -0.3 is 34.7 Å². The minimum absolute atomic E-state index is 0.0270. The fraction of sp³-hybridized carbons (Fsp3) is 0.167. The molecule has 0 aliphatic rings. The Balaban J connectivity index is 0.000000240. The molecule has 0 radical (unpaired) electrons. The van der Waals surface area contributed by atoms with Crippen LogP contribution in [-0.4, -0.2) is 33.3 Å². The highest BCUT2D eigenvalue weighted by atomic mass is 35.5. The first-order valence-corrected chi connectivity index (χ1v) is 13.9. The SMILES string of the molecule is CCOC(=O)CNc1cc(Cl)c(Oc2ccc(OC)cc2)c(Cl)c1.COc1ccc(Oc2c(Cl)cc(N)cc2Cl)cc1. The quantitative estimate of drug-likeness (QED) is 0.129. The Morgan fingerprint density at radius 2 is 1.07 bits per heavy atom. The maximum atomic E-state index is 11.4. The van der Waals surface area contributed by atoms with Gasteiger partial charge in [-0.3, -0.25) is 4.79 Å². The molecule has 0 amide bonds. The van der Waals surface area contributed by atoms with Gasteiger partial charge in [-0.1, -0.05) is 46.4 Å². The number of hydrogen-bond donors (Lipinski definition) is 2. The Morgan fingerprint density at radius 3 is 1.45 bits per heavy atom. The van der Waals surface area contributed by atoms with Crippen molar-refractivity contribution in [3.05, 3.63) is 92.9 Å². The lowest BCUT2D eigenvalue weighted by atomic mass is 10.3. The molecule has 4 aromatic rings. The van der Waals surface area contributed by atoms with Gasteiger partial charge in [-0.25, -0.2) is 0 Å². The van der Waals surface area contributed by atoms with Crippen LogP contribution >= 0.6 is 46.4 Å². The fourth-order valence-electron chi connectivity index (χ4n) is 3.35. The average molecular weight is 654 g/mol. The van der Waals surface area contributed by atoms with Gasteiger partial charge in [0.15, 0.2) is 11.5 Å². The maximum absolute atomic E-state index is 11.4. The Labute approximate surface area is 264 Å². The summed E-state index contributed by atoms with van der Waals surface area (Å²) in [4.78, 5) is 11.4. The Hall–Kier alpha value is -3.69. The average Bonchev–Trinajstić information content (AvgIpc) is 2.97. The summed E-state index contributed by atoms with van der Waals surface area (Å²) in [5.41, 5.74) is 6.71. The van der Waals surface area contributed by atoms with Crippen LogP contribution in [0.1, 0.15) is 6.92 Å². The van der Waals surface area contributed by atoms with E-state index in [-0.39, 0.29) is 12.5 Å². The molecule has 4 aromatic carbocycles. The Kier molecular flexibility index (Phi) is 12.6. The first kappa shape index (κ1) is 32.8. The van der Waals surface area contributed by atoms with E-state index >= 15 is 0 Å². The zero-order valence-electron chi connectivity index (χ0n) is 22.9. The Morgan fingerprint density at radius 1 is 0.690 bits per heavy atom. The third-order valence-electron chi connectivity index (χ3n) is 5.32. The van der Waals surface area contributed by atoms with E-state index in [0.29, 0.717) is 61.1 Å². The zero-order chi connectivity index (χ0) is 30.6. The van der Waals surface area contributed by atoms with Crippen molar-refractivity contribution in [2.24, 2.45) is 0 Å². The van der Waals surface area contributed by atoms with Crippen LogP contribution in [0.5, 0.6) is 34.5 Å². The topological polar surface area (TPSA) is 101 Å². The first-order valence-electron chi connectivity index (χ1n) is 12.4. The number of nitrogens with two attached hydrogens (primary N) is 1. The lowest BCUT2D eigenvalue weighted by Gasteiger charge is -2.13. The van der Waals surface area contributed by atoms with Gasteiger partial charge in [-0.15, -0.1) is 0 Å². The number of nitrogen functional groups attached to an aromatic ring is 1. The number of carbonyl (C=O) groups excluding carboxylic acids is 1. The van der Waals surface area contributed by atoms with E-state index in [2.05, 4.69) is 5.32 Å². The van der Waals surface area contributed by atoms with E-state index < -0.39 is 0 Å². The van der Waals surface area contributed by atoms with Crippen LogP contribution in [0.25, 0.3) is 0 Å². The van der Waals surface area contributed by atoms with Crippen LogP contribution in [0.3, 0.4) is 0 Å². The number of ether oxygens (including phenoxy) is 5. The van der Waals surface area contributed by atoms with Gasteiger partial charge in [0, 0.05) is 11.4 Å². The van der Waals surface area contributed by atoms with Crippen molar-refractivity contribution in [2.45, 2.75) is 6.92 Å². The molecule has 0 saturated heterocycles. The summed E-state index contributed by atoms with van der Waals surface area (Å²) < 4.78 is 26.3. The Bertz CT molecular complexity index is 1440. The highest BCUT2D eigenvalue weighted by Crippen LogP contribution is 2.40. The van der Waals surface area contributed by atoms with E-state index in [1.54, 1.807) is 93.9 Å². The minimum atomic E-state index is -0.358. The standard InChI is InChI=1S/C17H17Cl2NO4.C13H11Cl2NO2/c1-3-23-16(21)10-20-11-8-14(18)17(15(19)9-11)24-13-6-4-12(22-2)5-7-13;1-17-9-2-4-10(5-3-9)18-13-11(14)6-8(16)7-12(13)15/h4-9,20H,3,10H2,1-2H3;2-7H,16H2,1H3. The van der Waals surface area contributed by atoms with Crippen LogP contribution < -0.4 is 30.0 Å². The van der Waals surface area contributed by atoms with E-state index in [4.69, 9.17) is 75.8 Å². The molecule has 0 spiro atoms. The number of esters is 1. The summed E-state index contributed by atoms with van der Waals surface area (Å²) in [5.74, 6) is 3.03. The van der Waals surface area contributed by atoms with E-state index in [1.807, 2.05) is 0 Å². The molecule has 3 N–H and O–H groups in total. The van der Waals surface area contributed by atoms with Crippen LogP contribution in [0, 0.1) is 0 Å². The lowest BCUT2D eigenvalue weighted by molar-refractivity contribution is -0.140. The fourth-order valence-corrected chi connectivity index (χ4v) is 4.49. The monoisotopic (exact) mass is 652 g/mol. The number of benzene rings is 4. The normalized spacial score (nSPS) is 10.2. The van der Waals surface area contributed by atoms with Crippen molar-refractivity contribution >= 4 is 63.7 Å². The molecular weight excluding hydrogens is 626 g/mol. The molecular formula is C30H28Cl4N2O6. The van der Waals surface area contributed by atoms with Crippen LogP contribution in [0.2, 0.25) is 20.1 Å². The van der Waals surface area contributed by atoms with Gasteiger partial charge in [-0.2, -0.15) is 0 Å². The molecule has 42 heavy (non-hydrogen) atoms. The third-order valence-corrected chi connectivity index (χ3v) is 6.44. The van der Waals surface area contributed by atoms with Gasteiger partial charge in [0.2, 0.25) is 0 Å². The van der Waals surface area contributed by atoms with Crippen LogP contribution in [0.4, 0.5) is 11.4 Å². The molecule has 0 fully saturated rings. The molecule has 8 nitrogen and oxygen atoms in total. The van der Waals surface area contributed by atoms with Crippen molar-refractivity contribution in [3.63, 3.8) is 0 Å². The molecule has 12 heteroatoms. The smallest absolute Gasteiger partial charge is 0.325 e. The lowest BCUT2D eigenvalue weighted by Crippen LogP contribution is -2.16. The number of hydrogen-bond acceptors (Lipinski definition) is 8. The number of rotatable bonds is 10. The third kappa shape index (κ3) is 9.70. The first-order chi connectivity index (χ1) is 20.1. The molecule has 0 aliphatic carbocycles. The number of anilines is 2. The van der Waals surface area contributed by atoms with Gasteiger partial charge >= 0.3 is 5.97 Å². The number of halogens is 4. The van der Waals surface area contributed by atoms with Gasteiger partial charge in [-0.05, 0) is 79.7 Å². The number of nitrogens with one attached hydrogen (secondary N) is 1. The van der Waals surface area contributed by atoms with Gasteiger partial charge in [0.1, 0.15) is 29.5 Å². The highest BCUT2D eigenvalue weighted by Gasteiger charge is 2.13. The largest absolute Gasteiger partial charge is 0.497 e. The summed E-state index contributed by atoms with van der Waals surface area (Å²) in [5, 5.41) is 4.29. The molecule has 4 rings (SSSR count). The van der Waals surface area contributed by atoms with Crippen LogP contribution in [-0.2, 0) is 9.53 Å². The predicted molar refractivity (Wildman–Crippen MR) is 169 cm³/mol. The van der Waals surface area contributed by atoms with Crippen molar-refractivity contribution in [3.8, 4) is 34.5 Å². The number of carbonyl (C=O) groups is 1. The highest BCUT2D eigenvalue weighted by molar-refractivity contribution is 6.38. The van der Waals surface area contributed by atoms with Crippen LogP contribution in [0.15, 0.2) is 72.8 Å². The van der Waals surface area contributed by atoms with E-state index in [0.717, 1.165) is 11.5 Å². The van der Waals surface area contributed by atoms with Crippen molar-refractivity contribution in [1.29, 1.82) is 0 Å². The molecule has 0 atom stereocenters. The summed E-state index contributed by atoms with van der Waals surface area (Å²) in [6, 6.07) is 20.6. The van der Waals surface area contributed by atoms with E-state index in [1.165, 1.54) is 0 Å². The molecule has 0 heterocycles. The molecule has 0 saturated carbocycles. The molecule has 0 bridgehead atoms. The molecule has 222 valence electrons. The number of methoxy groups -OCH3 is 2. The second-order valence-corrected chi connectivity index (χ2v) is 9.93. The van der Waals surface area contributed by atoms with Crippen molar-refractivity contribution < 1.29 is 28.5 Å². The second-order valence-electron chi connectivity index (χ2n) is 8.30. The summed E-state index contributed by atoms with van der Waals surface area (Å²) in [6.07, 6.45) is 0. The van der Waals surface area contributed by atoms with Gasteiger partial charge in [0.05, 0.1) is 40.9 Å². The molecule has 0 aromatic heterocycles. The summed E-state index contributed by atoms with van der Waals surface area (Å²) in [7, 11) is 3.19. The molecule has 0 unspecified atom stereocenters. The second kappa shape index (κ2) is 16.1. The maximum Gasteiger partial charge on any atom is 0.325 e. The summed E-state index contributed by atoms with van der Waals surface area (Å²) in [6.45, 7) is 2.10. The zero-order valence-corrected chi connectivity index (χ0v) is 25.9. The minimum Gasteiger partial charge on any atom is -0.497 e. The van der Waals surface area contributed by atoms with E-state index in [9.17, 15) is 4.79 Å². The van der Waals surface area contributed by atoms with Crippen molar-refractivity contribution in [1.82, 2.24) is 0 Å². The predicted octanol–water partition coefficient (Wildman–Crippen LogP) is 9.15. The van der Waals surface area contributed by atoms with Crippen molar-refractivity contribution in [2.75, 3.05) is 38.4 Å². The summed E-state index contributed by atoms with van der Waals surface area (Å²) >= 11 is 24.5.